The van der Waals surface area contributed by atoms with Crippen molar-refractivity contribution in [3.05, 3.63) is 114 Å². The molecule has 1 aliphatic heterocycles. The van der Waals surface area contributed by atoms with E-state index in [0.717, 1.165) is 47.8 Å². The largest absolute Gasteiger partial charge is 1.00 e. The van der Waals surface area contributed by atoms with Crippen LogP contribution < -0.4 is 78.7 Å². The number of allylic oxidation sites excluding steroid dienone is 5. The van der Waals surface area contributed by atoms with E-state index in [1.807, 2.05) is 56.9 Å². The number of nitrogens with one attached hydrogen (secondary N) is 1. The van der Waals surface area contributed by atoms with Crippen LogP contribution in [0.1, 0.15) is 61.0 Å². The third kappa shape index (κ3) is 16.3. The summed E-state index contributed by atoms with van der Waals surface area (Å²) in [4.78, 5) is 72.7. The minimum absolute atomic E-state index is 0. The van der Waals surface area contributed by atoms with Crippen molar-refractivity contribution in [3.63, 3.8) is 0 Å². The number of para-hydroxylation sites is 1. The Morgan fingerprint density at radius 1 is 1.09 bits per heavy atom. The van der Waals surface area contributed by atoms with Crippen LogP contribution >= 0.6 is 8.60 Å². The fourth-order valence-corrected chi connectivity index (χ4v) is 6.66. The van der Waals surface area contributed by atoms with Gasteiger partial charge in [-0.25, -0.2) is 5.01 Å². The van der Waals surface area contributed by atoms with Crippen LogP contribution in [0.15, 0.2) is 97.3 Å². The summed E-state index contributed by atoms with van der Waals surface area (Å²) in [5, 5.41) is 7.24. The third-order valence-corrected chi connectivity index (χ3v) is 9.56. The number of piperazine rings is 1. The molecule has 0 spiro atoms. The number of benzene rings is 2. The Balaban J connectivity index is 0.000000595. The molecule has 302 valence electrons. The van der Waals surface area contributed by atoms with Gasteiger partial charge in [0.15, 0.2) is 5.78 Å². The first-order valence-corrected chi connectivity index (χ1v) is 19.8. The Labute approximate surface area is 389 Å². The predicted octanol–water partition coefficient (Wildman–Crippen LogP) is -1.46. The van der Waals surface area contributed by atoms with Crippen LogP contribution in [0.4, 0.5) is 0 Å². The number of carbonyl (C=O) groups excluding carboxylic acids is 4. The Morgan fingerprint density at radius 3 is 2.41 bits per heavy atom. The molecule has 0 saturated carbocycles. The van der Waals surface area contributed by atoms with E-state index in [1.165, 1.54) is 15.5 Å². The van der Waals surface area contributed by atoms with Crippen LogP contribution in [-0.2, 0) is 28.0 Å². The molecule has 1 unspecified atom stereocenters. The number of nitrogens with zero attached hydrogens (tertiary/aromatic N) is 5. The van der Waals surface area contributed by atoms with E-state index in [9.17, 15) is 29.0 Å². The molecule has 0 radical (unpaired) electrons. The second-order valence-electron chi connectivity index (χ2n) is 13.3. The van der Waals surface area contributed by atoms with E-state index >= 15 is 0 Å². The fourth-order valence-electron chi connectivity index (χ4n) is 6.37. The van der Waals surface area contributed by atoms with Crippen LogP contribution in [0, 0.1) is 6.92 Å². The Kier molecular flexibility index (Phi) is 26.1. The fraction of sp³-hybridized carbons (Fsp3) is 0.381. The zero-order valence-electron chi connectivity index (χ0n) is 35.1. The number of aryl methyl sites for hydroxylation is 2. The minimum Gasteiger partial charge on any atom is -0.810 e. The monoisotopic (exact) mass is 832 g/mol. The molecule has 1 aromatic heterocycles. The van der Waals surface area contributed by atoms with Crippen LogP contribution in [0.3, 0.4) is 0 Å². The number of Topliss-reactive ketones (excluding diaryl/α,β-unsaturated/α-hetero) is 1. The number of hydrogen-bond acceptors (Lipinski definition) is 9. The summed E-state index contributed by atoms with van der Waals surface area (Å²) in [5.74, 6) is 0.275. The third-order valence-electron chi connectivity index (χ3n) is 9.20. The summed E-state index contributed by atoms with van der Waals surface area (Å²) < 4.78 is 6.36. The quantitative estimate of drug-likeness (QED) is 0.0430. The summed E-state index contributed by atoms with van der Waals surface area (Å²) in [6.07, 6.45) is 18.2. The Hall–Kier alpha value is -2.91. The zero-order valence-corrected chi connectivity index (χ0v) is 40.0. The standard InChI is InChI=1S/C26H35N5O4.C9H13N.C7H7O3P.2Na/c1-5-8-12-23(34)22-15-27(4)26-20(10-9-11-21(22)26)14-28-16-24(29(18-32)17-25(28)35)31(19-33)30(7-3)13-6-2;1-10-8-9-6-4-2-3-5-7-9;1-6-2-4-7(5-3-6)10-11(8)9;;/h6,9-11,15,18-19,24H,2,5,7-8,12-14,16-17H2,1,3-4H3;2-6,10H,7-8H2,1H3;2-5H,1H3;;/q;;-2;2*+1. The maximum atomic E-state index is 13.0. The van der Waals surface area contributed by atoms with Gasteiger partial charge in [-0.15, -0.1) is 6.58 Å². The summed E-state index contributed by atoms with van der Waals surface area (Å²) in [6.45, 7) is 12.0. The van der Waals surface area contributed by atoms with Gasteiger partial charge < -0.3 is 34.0 Å². The number of hydrazine groups is 1. The van der Waals surface area contributed by atoms with Gasteiger partial charge in [-0.1, -0.05) is 107 Å². The number of unbranched alkanes of at least 4 members (excludes halogenated alkanes) is 1. The maximum Gasteiger partial charge on any atom is 1.00 e. The zero-order chi connectivity index (χ0) is 41.0. The smallest absolute Gasteiger partial charge is 0.810 e. The van der Waals surface area contributed by atoms with Gasteiger partial charge in [0.1, 0.15) is 18.5 Å². The van der Waals surface area contributed by atoms with Crippen molar-refractivity contribution in [3.8, 4) is 5.75 Å². The second-order valence-corrected chi connectivity index (χ2v) is 13.9. The first-order chi connectivity index (χ1) is 27.0. The minimum atomic E-state index is -2.79. The van der Waals surface area contributed by atoms with Crippen molar-refractivity contribution in [2.75, 3.05) is 39.8 Å². The molecule has 3 aromatic rings. The van der Waals surface area contributed by atoms with Gasteiger partial charge in [0, 0.05) is 56.8 Å². The molecule has 3 amide bonds. The summed E-state index contributed by atoms with van der Waals surface area (Å²) >= 11 is 0. The van der Waals surface area contributed by atoms with Gasteiger partial charge >= 0.3 is 59.1 Å². The second kappa shape index (κ2) is 28.5. The van der Waals surface area contributed by atoms with Crippen molar-refractivity contribution in [2.24, 2.45) is 7.05 Å². The van der Waals surface area contributed by atoms with Crippen LogP contribution in [0.25, 0.3) is 10.9 Å². The van der Waals surface area contributed by atoms with Crippen LogP contribution in [0.2, 0.25) is 0 Å². The molecule has 2 aromatic carbocycles. The van der Waals surface area contributed by atoms with Crippen molar-refractivity contribution >= 4 is 44.0 Å². The van der Waals surface area contributed by atoms with Gasteiger partial charge in [-0.3, -0.25) is 24.2 Å². The number of aromatic nitrogens is 1. The molecular formula is C42H55N6Na2O7P. The van der Waals surface area contributed by atoms with E-state index in [-0.39, 0.29) is 83.9 Å². The van der Waals surface area contributed by atoms with E-state index in [0.29, 0.717) is 50.2 Å². The number of likely N-dealkylation sites (N-methyl/N-ethyl adjacent to an activating group) is 2. The van der Waals surface area contributed by atoms with E-state index < -0.39 is 14.8 Å². The number of amides is 3. The van der Waals surface area contributed by atoms with Gasteiger partial charge in [0.2, 0.25) is 18.7 Å². The average Bonchev–Trinajstić information content (AvgIpc) is 3.33. The van der Waals surface area contributed by atoms with Gasteiger partial charge in [-0.05, 0) is 44.5 Å². The number of carbonyl (C=O) groups is 4. The van der Waals surface area contributed by atoms with Gasteiger partial charge in [0.05, 0.1) is 12.1 Å². The van der Waals surface area contributed by atoms with E-state index in [2.05, 4.69) is 53.7 Å². The first kappa shape index (κ1) is 53.1. The summed E-state index contributed by atoms with van der Waals surface area (Å²) in [7, 11) is 1.09. The molecule has 0 bridgehead atoms. The molecule has 58 heavy (non-hydrogen) atoms. The average molecular weight is 833 g/mol. The molecule has 1 N–H and O–H groups in total. The van der Waals surface area contributed by atoms with Crippen molar-refractivity contribution in [2.45, 2.75) is 59.2 Å². The van der Waals surface area contributed by atoms with Gasteiger partial charge in [-0.2, -0.15) is 0 Å². The molecular weight excluding hydrogens is 777 g/mol. The number of hydrogen-bond donors (Lipinski definition) is 1. The Morgan fingerprint density at radius 2 is 1.81 bits per heavy atom. The van der Waals surface area contributed by atoms with Gasteiger partial charge in [0.25, 0.3) is 0 Å². The van der Waals surface area contributed by atoms with Crippen molar-refractivity contribution in [1.82, 2.24) is 29.7 Å². The molecule has 1 aliphatic carbocycles. The van der Waals surface area contributed by atoms with E-state index in [4.69, 9.17) is 0 Å². The van der Waals surface area contributed by atoms with Crippen LogP contribution in [-0.4, -0.2) is 94.8 Å². The topological polar surface area (TPSA) is 154 Å². The van der Waals surface area contributed by atoms with Crippen molar-refractivity contribution in [1.29, 1.82) is 0 Å². The van der Waals surface area contributed by atoms with Crippen molar-refractivity contribution < 1.29 is 92.6 Å². The molecule has 1 fully saturated rings. The molecule has 16 heteroatoms. The molecule has 1 atom stereocenters. The number of fused-ring (bicyclic) bond motifs is 1. The predicted molar refractivity (Wildman–Crippen MR) is 218 cm³/mol. The first-order valence-electron chi connectivity index (χ1n) is 18.7. The number of rotatable bonds is 17. The molecule has 2 heterocycles. The normalized spacial score (nSPS) is 14.5. The van der Waals surface area contributed by atoms with Crippen LogP contribution in [0.5, 0.6) is 5.75 Å². The van der Waals surface area contributed by atoms with E-state index in [1.54, 1.807) is 40.3 Å². The summed E-state index contributed by atoms with van der Waals surface area (Å²) in [5.41, 5.74) is 5.01. The maximum absolute atomic E-state index is 13.0. The SMILES string of the molecule is C=CCN(CC)N(C=O)C1CN(Cc2cccc3c(C(=O)CCCC)cn(C)c23)C(=O)CN1C=O.CNCC1=CC=CC=CC1.Cc1ccc(OP([O-])[O-])cc1.[Na+].[Na+]. The molecule has 13 nitrogen and oxygen atoms in total. The number of ketones is 1. The molecule has 1 saturated heterocycles. The summed E-state index contributed by atoms with van der Waals surface area (Å²) in [6, 6.07) is 12.6. The Bertz CT molecular complexity index is 1850. The molecule has 5 rings (SSSR count). The molecule has 2 aliphatic rings.